The fraction of sp³-hybridized carbons (Fsp3) is 0.533. The maximum atomic E-state index is 9.27. The van der Waals surface area contributed by atoms with Crippen molar-refractivity contribution in [1.82, 2.24) is 14.7 Å². The molecule has 2 heterocycles. The number of rotatable bonds is 8. The van der Waals surface area contributed by atoms with Gasteiger partial charge in [-0.05, 0) is 25.1 Å². The van der Waals surface area contributed by atoms with E-state index in [2.05, 4.69) is 28.5 Å². The van der Waals surface area contributed by atoms with Crippen molar-refractivity contribution in [3.05, 3.63) is 30.1 Å². The number of aliphatic hydroxyl groups is 1. The zero-order valence-electron chi connectivity index (χ0n) is 12.3. The molecule has 2 aromatic rings. The average molecular weight is 276 g/mol. The molecule has 0 bridgehead atoms. The van der Waals surface area contributed by atoms with Crippen LogP contribution in [0.1, 0.15) is 26.0 Å². The van der Waals surface area contributed by atoms with Crippen molar-refractivity contribution in [2.75, 3.05) is 31.1 Å². The zero-order valence-corrected chi connectivity index (χ0v) is 12.3. The Morgan fingerprint density at radius 2 is 2.15 bits per heavy atom. The summed E-state index contributed by atoms with van der Waals surface area (Å²) in [5.41, 5.74) is 2.11. The van der Waals surface area contributed by atoms with Gasteiger partial charge in [0.15, 0.2) is 5.82 Å². The summed E-state index contributed by atoms with van der Waals surface area (Å²) >= 11 is 0. The molecule has 5 nitrogen and oxygen atoms in total. The van der Waals surface area contributed by atoms with E-state index < -0.39 is 0 Å². The first-order valence-corrected chi connectivity index (χ1v) is 7.34. The number of imidazole rings is 1. The van der Waals surface area contributed by atoms with Gasteiger partial charge in [0.25, 0.3) is 0 Å². The SMILES string of the molecule is CCCN(CCO)c1nc2ccccn2c1CNCC. The van der Waals surface area contributed by atoms with Crippen molar-refractivity contribution < 1.29 is 5.11 Å². The Morgan fingerprint density at radius 3 is 2.85 bits per heavy atom. The molecule has 20 heavy (non-hydrogen) atoms. The fourth-order valence-electron chi connectivity index (χ4n) is 2.41. The van der Waals surface area contributed by atoms with Crippen LogP contribution in [0.15, 0.2) is 24.4 Å². The van der Waals surface area contributed by atoms with Gasteiger partial charge in [0, 0.05) is 25.8 Å². The molecule has 0 saturated heterocycles. The molecule has 0 fully saturated rings. The van der Waals surface area contributed by atoms with E-state index in [0.29, 0.717) is 6.54 Å². The van der Waals surface area contributed by atoms with E-state index in [1.54, 1.807) is 0 Å². The summed E-state index contributed by atoms with van der Waals surface area (Å²) in [6.07, 6.45) is 3.08. The highest BCUT2D eigenvalue weighted by Crippen LogP contribution is 2.22. The molecule has 2 rings (SSSR count). The molecule has 0 spiro atoms. The maximum Gasteiger partial charge on any atom is 0.152 e. The van der Waals surface area contributed by atoms with Crippen molar-refractivity contribution in [1.29, 1.82) is 0 Å². The molecule has 0 aromatic carbocycles. The van der Waals surface area contributed by atoms with E-state index >= 15 is 0 Å². The minimum atomic E-state index is 0.147. The minimum Gasteiger partial charge on any atom is -0.395 e. The normalized spacial score (nSPS) is 11.2. The van der Waals surface area contributed by atoms with Gasteiger partial charge in [0.1, 0.15) is 5.65 Å². The van der Waals surface area contributed by atoms with Gasteiger partial charge < -0.3 is 19.7 Å². The van der Waals surface area contributed by atoms with E-state index in [4.69, 9.17) is 4.98 Å². The fourth-order valence-corrected chi connectivity index (χ4v) is 2.41. The Labute approximate surface area is 120 Å². The predicted molar refractivity (Wildman–Crippen MR) is 82.2 cm³/mol. The van der Waals surface area contributed by atoms with Gasteiger partial charge in [-0.2, -0.15) is 0 Å². The molecule has 0 aliphatic heterocycles. The summed E-state index contributed by atoms with van der Waals surface area (Å²) in [4.78, 5) is 6.91. The van der Waals surface area contributed by atoms with Crippen LogP contribution in [0, 0.1) is 0 Å². The summed E-state index contributed by atoms with van der Waals surface area (Å²) < 4.78 is 2.12. The average Bonchev–Trinajstić information content (AvgIpc) is 2.83. The van der Waals surface area contributed by atoms with Crippen LogP contribution < -0.4 is 10.2 Å². The van der Waals surface area contributed by atoms with Gasteiger partial charge in [0.05, 0.1) is 12.3 Å². The van der Waals surface area contributed by atoms with Gasteiger partial charge in [-0.25, -0.2) is 4.98 Å². The van der Waals surface area contributed by atoms with E-state index in [-0.39, 0.29) is 6.61 Å². The number of aromatic nitrogens is 2. The molecule has 2 aromatic heterocycles. The second-order valence-electron chi connectivity index (χ2n) is 4.80. The van der Waals surface area contributed by atoms with Crippen LogP contribution in [0.5, 0.6) is 0 Å². The Balaban J connectivity index is 2.42. The number of aliphatic hydroxyl groups excluding tert-OH is 1. The second kappa shape index (κ2) is 7.26. The van der Waals surface area contributed by atoms with Crippen LogP contribution in [0.4, 0.5) is 5.82 Å². The predicted octanol–water partition coefficient (Wildman–Crippen LogP) is 1.65. The minimum absolute atomic E-state index is 0.147. The summed E-state index contributed by atoms with van der Waals surface area (Å²) in [6.45, 7) is 7.62. The number of anilines is 1. The third-order valence-electron chi connectivity index (χ3n) is 3.31. The van der Waals surface area contributed by atoms with E-state index in [9.17, 15) is 5.11 Å². The van der Waals surface area contributed by atoms with Crippen molar-refractivity contribution >= 4 is 11.5 Å². The summed E-state index contributed by atoms with van der Waals surface area (Å²) in [5.74, 6) is 0.980. The van der Waals surface area contributed by atoms with Crippen LogP contribution in [0.3, 0.4) is 0 Å². The van der Waals surface area contributed by atoms with Gasteiger partial charge in [0.2, 0.25) is 0 Å². The number of hydrogen-bond donors (Lipinski definition) is 2. The molecular weight excluding hydrogens is 252 g/mol. The highest BCUT2D eigenvalue weighted by atomic mass is 16.3. The largest absolute Gasteiger partial charge is 0.395 e. The third-order valence-corrected chi connectivity index (χ3v) is 3.31. The lowest BCUT2D eigenvalue weighted by atomic mass is 10.3. The molecule has 0 radical (unpaired) electrons. The van der Waals surface area contributed by atoms with Gasteiger partial charge in [-0.3, -0.25) is 0 Å². The van der Waals surface area contributed by atoms with Crippen molar-refractivity contribution in [3.63, 3.8) is 0 Å². The van der Waals surface area contributed by atoms with E-state index in [0.717, 1.165) is 43.2 Å². The van der Waals surface area contributed by atoms with Gasteiger partial charge >= 0.3 is 0 Å². The number of pyridine rings is 1. The Morgan fingerprint density at radius 1 is 1.30 bits per heavy atom. The van der Waals surface area contributed by atoms with Gasteiger partial charge in [-0.15, -0.1) is 0 Å². The highest BCUT2D eigenvalue weighted by Gasteiger charge is 2.16. The molecule has 0 unspecified atom stereocenters. The monoisotopic (exact) mass is 276 g/mol. The Hall–Kier alpha value is -1.59. The van der Waals surface area contributed by atoms with Crippen LogP contribution in [-0.2, 0) is 6.54 Å². The zero-order chi connectivity index (χ0) is 14.4. The van der Waals surface area contributed by atoms with Gasteiger partial charge in [-0.1, -0.05) is 19.9 Å². The number of fused-ring (bicyclic) bond motifs is 1. The standard InChI is InChI=1S/C15H24N4O/c1-3-8-18(10-11-20)15-13(12-16-4-2)19-9-6-5-7-14(19)17-15/h5-7,9,16,20H,3-4,8,10-12H2,1-2H3. The summed E-state index contributed by atoms with van der Waals surface area (Å²) in [7, 11) is 0. The molecule has 5 heteroatoms. The molecule has 0 aliphatic rings. The quantitative estimate of drug-likeness (QED) is 0.770. The smallest absolute Gasteiger partial charge is 0.152 e. The lowest BCUT2D eigenvalue weighted by Gasteiger charge is -2.22. The highest BCUT2D eigenvalue weighted by molar-refractivity contribution is 5.56. The van der Waals surface area contributed by atoms with Crippen molar-refractivity contribution in [2.24, 2.45) is 0 Å². The summed E-state index contributed by atoms with van der Waals surface area (Å²) in [6, 6.07) is 6.03. The first-order chi connectivity index (χ1) is 9.81. The van der Waals surface area contributed by atoms with Crippen molar-refractivity contribution in [2.45, 2.75) is 26.8 Å². The molecular formula is C15H24N4O. The van der Waals surface area contributed by atoms with Crippen molar-refractivity contribution in [3.8, 4) is 0 Å². The van der Waals surface area contributed by atoms with Crippen LogP contribution in [-0.4, -0.2) is 40.7 Å². The van der Waals surface area contributed by atoms with Crippen LogP contribution >= 0.6 is 0 Å². The maximum absolute atomic E-state index is 9.27. The molecule has 0 atom stereocenters. The summed E-state index contributed by atoms with van der Waals surface area (Å²) in [5, 5.41) is 12.6. The Bertz CT molecular complexity index is 532. The second-order valence-corrected chi connectivity index (χ2v) is 4.80. The number of hydrogen-bond acceptors (Lipinski definition) is 4. The van der Waals surface area contributed by atoms with Crippen LogP contribution in [0.25, 0.3) is 5.65 Å². The number of nitrogens with one attached hydrogen (secondary N) is 1. The van der Waals surface area contributed by atoms with E-state index in [1.165, 1.54) is 0 Å². The lowest BCUT2D eigenvalue weighted by Crippen LogP contribution is -2.29. The first-order valence-electron chi connectivity index (χ1n) is 7.34. The first kappa shape index (κ1) is 14.8. The molecule has 0 amide bonds. The third kappa shape index (κ3) is 3.11. The van der Waals surface area contributed by atoms with Crippen LogP contribution in [0.2, 0.25) is 0 Å². The molecule has 2 N–H and O–H groups in total. The van der Waals surface area contributed by atoms with E-state index in [1.807, 2.05) is 24.4 Å². The topological polar surface area (TPSA) is 52.8 Å². The lowest BCUT2D eigenvalue weighted by molar-refractivity contribution is 0.301. The molecule has 0 aliphatic carbocycles. The number of nitrogens with zero attached hydrogens (tertiary/aromatic N) is 3. The Kier molecular flexibility index (Phi) is 5.38. The molecule has 0 saturated carbocycles. The molecule has 110 valence electrons.